The largest absolute Gasteiger partial charge is 0.492 e. The zero-order valence-corrected chi connectivity index (χ0v) is 19.7. The molecule has 0 saturated heterocycles. The van der Waals surface area contributed by atoms with Crippen molar-refractivity contribution >= 4 is 34.5 Å². The molecule has 0 saturated carbocycles. The highest BCUT2D eigenvalue weighted by Gasteiger charge is 2.33. The summed E-state index contributed by atoms with van der Waals surface area (Å²) in [6.07, 6.45) is 1.59. The minimum absolute atomic E-state index is 0.0584. The molecule has 0 aliphatic heterocycles. The Morgan fingerprint density at radius 3 is 2.40 bits per heavy atom. The minimum atomic E-state index is -0.705. The molecule has 0 atom stereocenters. The third-order valence-corrected chi connectivity index (χ3v) is 6.05. The van der Waals surface area contributed by atoms with Crippen LogP contribution >= 0.6 is 11.6 Å². The van der Waals surface area contributed by atoms with Crippen molar-refractivity contribution in [1.82, 2.24) is 4.68 Å². The maximum Gasteiger partial charge on any atom is 0.290 e. The number of azo groups is 1. The number of benzene rings is 2. The van der Waals surface area contributed by atoms with Crippen LogP contribution in [-0.2, 0) is 0 Å². The molecule has 0 radical (unpaired) electrons. The number of carbonyl (C=O) groups excluding carboxylic acids is 2. The number of fused-ring (bicyclic) bond motifs is 2. The molecule has 0 bridgehead atoms. The van der Waals surface area contributed by atoms with Gasteiger partial charge < -0.3 is 10.5 Å². The van der Waals surface area contributed by atoms with Crippen LogP contribution in [0.3, 0.4) is 0 Å². The van der Waals surface area contributed by atoms with Gasteiger partial charge in [-0.2, -0.15) is 9.94 Å². The first-order chi connectivity index (χ1) is 16.8. The molecule has 1 heterocycles. The van der Waals surface area contributed by atoms with E-state index in [2.05, 4.69) is 15.7 Å². The van der Waals surface area contributed by atoms with Gasteiger partial charge in [0, 0.05) is 23.2 Å². The highest BCUT2D eigenvalue weighted by Crippen LogP contribution is 2.38. The monoisotopic (exact) mass is 489 g/mol. The van der Waals surface area contributed by atoms with Crippen molar-refractivity contribution < 1.29 is 14.7 Å². The Morgan fingerprint density at radius 1 is 1.06 bits per heavy atom. The van der Waals surface area contributed by atoms with Gasteiger partial charge in [0.25, 0.3) is 5.56 Å². The van der Waals surface area contributed by atoms with Crippen LogP contribution in [-0.4, -0.2) is 27.9 Å². The third-order valence-electron chi connectivity index (χ3n) is 5.74. The summed E-state index contributed by atoms with van der Waals surface area (Å²) in [5.41, 5.74) is 2.50. The number of nitriles is 1. The average Bonchev–Trinajstić information content (AvgIpc) is 2.84. The zero-order valence-electron chi connectivity index (χ0n) is 18.9. The van der Waals surface area contributed by atoms with Crippen LogP contribution in [0.5, 0.6) is 5.88 Å². The van der Waals surface area contributed by atoms with Gasteiger partial charge in [-0.15, -0.1) is 10.2 Å². The number of carbonyl (C=O) groups is 2. The van der Waals surface area contributed by atoms with Gasteiger partial charge in [0.1, 0.15) is 11.6 Å². The molecule has 2 aromatic carbocycles. The topological polar surface area (TPSA) is 137 Å². The number of ketones is 2. The van der Waals surface area contributed by atoms with Crippen molar-refractivity contribution in [2.75, 3.05) is 12.0 Å². The number of pyridine rings is 1. The van der Waals surface area contributed by atoms with E-state index in [1.165, 1.54) is 25.1 Å². The van der Waals surface area contributed by atoms with Gasteiger partial charge in [-0.05, 0) is 25.5 Å². The van der Waals surface area contributed by atoms with E-state index < -0.39 is 23.0 Å². The summed E-state index contributed by atoms with van der Waals surface area (Å²) in [4.78, 5) is 39.0. The zero-order chi connectivity index (χ0) is 25.3. The molecule has 2 N–H and O–H groups in total. The van der Waals surface area contributed by atoms with Crippen molar-refractivity contribution in [3.8, 4) is 11.9 Å². The van der Waals surface area contributed by atoms with Crippen LogP contribution in [0.4, 0.5) is 11.4 Å². The Kier molecular flexibility index (Phi) is 6.49. The summed E-state index contributed by atoms with van der Waals surface area (Å²) in [6.45, 7) is 3.83. The van der Waals surface area contributed by atoms with Gasteiger partial charge in [0.15, 0.2) is 17.3 Å². The standard InChI is InChI=1S/C25H20ClN5O4/c1-3-4-11-28-31-24(34)16(12-27)13(2)21(25(31)35)30-29-18-10-6-8-15-20(18)23(33)14-7-5-9-17(26)19(14)22(15)32/h5-10,28,35H,3-4,11H2,1-2H3/b30-29+. The number of halogens is 1. The summed E-state index contributed by atoms with van der Waals surface area (Å²) in [7, 11) is 0. The summed E-state index contributed by atoms with van der Waals surface area (Å²) in [5.74, 6) is -1.36. The maximum atomic E-state index is 13.3. The van der Waals surface area contributed by atoms with Crippen molar-refractivity contribution in [3.05, 3.63) is 85.2 Å². The van der Waals surface area contributed by atoms with Crippen LogP contribution in [0.15, 0.2) is 51.4 Å². The van der Waals surface area contributed by atoms with Crippen LogP contribution in [0.25, 0.3) is 0 Å². The Morgan fingerprint density at radius 2 is 1.71 bits per heavy atom. The number of nitrogens with zero attached hydrogens (tertiary/aromatic N) is 4. The molecule has 0 unspecified atom stereocenters. The first-order valence-electron chi connectivity index (χ1n) is 10.9. The lowest BCUT2D eigenvalue weighted by Gasteiger charge is -2.19. The predicted octanol–water partition coefficient (Wildman–Crippen LogP) is 4.92. The lowest BCUT2D eigenvalue weighted by molar-refractivity contribution is 0.0979. The summed E-state index contributed by atoms with van der Waals surface area (Å²) >= 11 is 6.18. The Labute approximate surface area is 205 Å². The Bertz CT molecular complexity index is 1520. The minimum Gasteiger partial charge on any atom is -0.492 e. The normalized spacial score (nSPS) is 12.4. The van der Waals surface area contributed by atoms with E-state index in [9.17, 15) is 24.8 Å². The molecule has 35 heavy (non-hydrogen) atoms. The highest BCUT2D eigenvalue weighted by atomic mass is 35.5. The molecule has 0 spiro atoms. The lowest BCUT2D eigenvalue weighted by atomic mass is 9.83. The Hall–Kier alpha value is -4.29. The number of rotatable bonds is 6. The number of aromatic nitrogens is 1. The molecule has 0 fully saturated rings. The predicted molar refractivity (Wildman–Crippen MR) is 130 cm³/mol. The van der Waals surface area contributed by atoms with E-state index in [4.69, 9.17) is 11.6 Å². The van der Waals surface area contributed by atoms with Gasteiger partial charge in [0.2, 0.25) is 5.88 Å². The van der Waals surface area contributed by atoms with Crippen LogP contribution in [0, 0.1) is 18.3 Å². The molecular formula is C25H20ClN5O4. The van der Waals surface area contributed by atoms with Crippen molar-refractivity contribution in [3.63, 3.8) is 0 Å². The fourth-order valence-corrected chi connectivity index (χ4v) is 4.16. The molecule has 1 aromatic heterocycles. The van der Waals surface area contributed by atoms with Gasteiger partial charge in [-0.3, -0.25) is 14.4 Å². The molecular weight excluding hydrogens is 470 g/mol. The summed E-state index contributed by atoms with van der Waals surface area (Å²) < 4.78 is 0.864. The van der Waals surface area contributed by atoms with Gasteiger partial charge in [-0.1, -0.05) is 49.2 Å². The number of hydrogen-bond acceptors (Lipinski definition) is 8. The molecule has 1 aliphatic rings. The van der Waals surface area contributed by atoms with E-state index in [1.54, 1.807) is 18.2 Å². The first-order valence-corrected chi connectivity index (χ1v) is 11.2. The third kappa shape index (κ3) is 3.98. The molecule has 176 valence electrons. The van der Waals surface area contributed by atoms with Gasteiger partial charge in [-0.25, -0.2) is 0 Å². The lowest BCUT2D eigenvalue weighted by Crippen LogP contribution is -2.31. The molecule has 3 aromatic rings. The van der Waals surface area contributed by atoms with Crippen LogP contribution in [0.1, 0.15) is 62.7 Å². The first kappa shape index (κ1) is 23.9. The summed E-state index contributed by atoms with van der Waals surface area (Å²) in [5, 5.41) is 28.6. The highest BCUT2D eigenvalue weighted by molar-refractivity contribution is 6.39. The average molecular weight is 490 g/mol. The van der Waals surface area contributed by atoms with Crippen molar-refractivity contribution in [2.24, 2.45) is 10.2 Å². The van der Waals surface area contributed by atoms with E-state index in [-0.39, 0.29) is 49.8 Å². The van der Waals surface area contributed by atoms with Crippen molar-refractivity contribution in [1.29, 1.82) is 5.26 Å². The van der Waals surface area contributed by atoms with E-state index in [0.29, 0.717) is 6.54 Å². The quantitative estimate of drug-likeness (QED) is 0.291. The van der Waals surface area contributed by atoms with E-state index >= 15 is 0 Å². The maximum absolute atomic E-state index is 13.3. The number of aromatic hydroxyl groups is 1. The summed E-state index contributed by atoms with van der Waals surface area (Å²) in [6, 6.07) is 11.1. The van der Waals surface area contributed by atoms with Crippen molar-refractivity contribution in [2.45, 2.75) is 26.7 Å². The van der Waals surface area contributed by atoms with E-state index in [0.717, 1.165) is 17.5 Å². The number of unbranched alkanes of at least 4 members (excludes halogenated alkanes) is 1. The van der Waals surface area contributed by atoms with Crippen LogP contribution < -0.4 is 11.0 Å². The van der Waals surface area contributed by atoms with Crippen LogP contribution in [0.2, 0.25) is 5.02 Å². The smallest absolute Gasteiger partial charge is 0.290 e. The Balaban J connectivity index is 1.84. The second-order valence-corrected chi connectivity index (χ2v) is 8.31. The molecule has 9 nitrogen and oxygen atoms in total. The SMILES string of the molecule is CCCCNn1c(O)c(/N=N/c2cccc3c2C(=O)c2cccc(Cl)c2C3=O)c(C)c(C#N)c1=O. The molecule has 0 amide bonds. The second kappa shape index (κ2) is 9.52. The van der Waals surface area contributed by atoms with Gasteiger partial charge >= 0.3 is 0 Å². The fraction of sp³-hybridized carbons (Fsp3) is 0.200. The second-order valence-electron chi connectivity index (χ2n) is 7.91. The van der Waals surface area contributed by atoms with Gasteiger partial charge in [0.05, 0.1) is 21.8 Å². The number of hydrogen-bond donors (Lipinski definition) is 2. The number of nitrogens with one attached hydrogen (secondary N) is 1. The molecule has 1 aliphatic carbocycles. The molecule has 10 heteroatoms. The molecule has 4 rings (SSSR count). The fourth-order valence-electron chi connectivity index (χ4n) is 3.89. The van der Waals surface area contributed by atoms with E-state index in [1.807, 2.05) is 13.0 Å².